The van der Waals surface area contributed by atoms with E-state index < -0.39 is 47.8 Å². The molecular formula is C18H20F3NO4. The lowest BCUT2D eigenvalue weighted by molar-refractivity contribution is -0.152. The summed E-state index contributed by atoms with van der Waals surface area (Å²) in [6.45, 7) is 0. The zero-order valence-corrected chi connectivity index (χ0v) is 14.0. The molecule has 2 unspecified atom stereocenters. The Labute approximate surface area is 148 Å². The zero-order chi connectivity index (χ0) is 18.9. The topological polar surface area (TPSA) is 75.6 Å². The highest BCUT2D eigenvalue weighted by molar-refractivity contribution is 5.83. The zero-order valence-electron chi connectivity index (χ0n) is 14.0. The van der Waals surface area contributed by atoms with E-state index in [4.69, 9.17) is 9.84 Å². The monoisotopic (exact) mass is 371 g/mol. The minimum atomic E-state index is -4.45. The fourth-order valence-electron chi connectivity index (χ4n) is 3.87. The van der Waals surface area contributed by atoms with Gasteiger partial charge in [0.05, 0.1) is 5.56 Å². The van der Waals surface area contributed by atoms with Gasteiger partial charge in [0, 0.05) is 12.0 Å². The summed E-state index contributed by atoms with van der Waals surface area (Å²) in [5.41, 5.74) is -0.479. The van der Waals surface area contributed by atoms with Gasteiger partial charge in [-0.25, -0.2) is 4.79 Å². The van der Waals surface area contributed by atoms with Crippen molar-refractivity contribution in [1.29, 1.82) is 0 Å². The molecule has 1 aliphatic heterocycles. The number of benzene rings is 1. The average molecular weight is 371 g/mol. The fourth-order valence-corrected chi connectivity index (χ4v) is 3.87. The maximum absolute atomic E-state index is 13.3. The molecule has 1 aromatic rings. The van der Waals surface area contributed by atoms with Crippen molar-refractivity contribution in [3.05, 3.63) is 35.4 Å². The lowest BCUT2D eigenvalue weighted by Gasteiger charge is -2.25. The normalized spacial score (nSPS) is 28.9. The van der Waals surface area contributed by atoms with E-state index in [1.807, 2.05) is 0 Å². The van der Waals surface area contributed by atoms with E-state index in [0.717, 1.165) is 6.07 Å². The Balaban J connectivity index is 1.72. The number of hydrogen-bond donors (Lipinski definition) is 2. The Morgan fingerprint density at radius 1 is 1.08 bits per heavy atom. The van der Waals surface area contributed by atoms with Crippen LogP contribution < -0.4 is 5.32 Å². The van der Waals surface area contributed by atoms with Gasteiger partial charge in [0.25, 0.3) is 0 Å². The highest BCUT2D eigenvalue weighted by Crippen LogP contribution is 2.41. The molecule has 1 saturated carbocycles. The number of halogens is 3. The summed E-state index contributed by atoms with van der Waals surface area (Å²) in [5, 5.41) is 11.7. The van der Waals surface area contributed by atoms with Gasteiger partial charge < -0.3 is 15.2 Å². The molecule has 142 valence electrons. The van der Waals surface area contributed by atoms with E-state index in [2.05, 4.69) is 5.32 Å². The molecule has 1 saturated heterocycles. The van der Waals surface area contributed by atoms with Crippen molar-refractivity contribution in [3.63, 3.8) is 0 Å². The molecule has 2 aliphatic rings. The second-order valence-electron chi connectivity index (χ2n) is 6.77. The highest BCUT2D eigenvalue weighted by atomic mass is 19.4. The Bertz CT molecular complexity index is 691. The number of nitrogens with one attached hydrogen (secondary N) is 1. The molecule has 1 aromatic carbocycles. The number of carboxylic acid groups (broad SMARTS) is 1. The van der Waals surface area contributed by atoms with Gasteiger partial charge in [-0.05, 0) is 37.3 Å². The summed E-state index contributed by atoms with van der Waals surface area (Å²) in [7, 11) is 0. The van der Waals surface area contributed by atoms with E-state index in [0.29, 0.717) is 25.7 Å². The highest BCUT2D eigenvalue weighted by Gasteiger charge is 2.40. The van der Waals surface area contributed by atoms with E-state index in [-0.39, 0.29) is 12.0 Å². The summed E-state index contributed by atoms with van der Waals surface area (Å²) in [6.07, 6.45) is -3.93. The van der Waals surface area contributed by atoms with Crippen molar-refractivity contribution >= 4 is 11.9 Å². The number of amides is 1. The van der Waals surface area contributed by atoms with Crippen LogP contribution in [0, 0.1) is 0 Å². The minimum Gasteiger partial charge on any atom is -0.479 e. The Kier molecular flexibility index (Phi) is 5.22. The van der Waals surface area contributed by atoms with Crippen molar-refractivity contribution in [3.8, 4) is 0 Å². The van der Waals surface area contributed by atoms with Crippen LogP contribution in [0.1, 0.15) is 49.1 Å². The largest absolute Gasteiger partial charge is 0.479 e. The molecule has 1 heterocycles. The number of carbonyl (C=O) groups excluding carboxylic acids is 1. The maximum atomic E-state index is 13.3. The van der Waals surface area contributed by atoms with Crippen LogP contribution in [0.25, 0.3) is 0 Å². The number of aliphatic carboxylic acids is 1. The number of carboxylic acids is 1. The van der Waals surface area contributed by atoms with Crippen LogP contribution in [0.3, 0.4) is 0 Å². The molecule has 26 heavy (non-hydrogen) atoms. The Morgan fingerprint density at radius 2 is 1.77 bits per heavy atom. The molecule has 8 heteroatoms. The van der Waals surface area contributed by atoms with Gasteiger partial charge in [0.1, 0.15) is 6.10 Å². The first-order chi connectivity index (χ1) is 12.3. The Hall–Kier alpha value is -2.09. The molecule has 5 nitrogen and oxygen atoms in total. The third kappa shape index (κ3) is 3.85. The average Bonchev–Trinajstić information content (AvgIpc) is 3.23. The molecule has 4 atom stereocenters. The molecule has 0 aromatic heterocycles. The van der Waals surface area contributed by atoms with Crippen LogP contribution in [0.4, 0.5) is 13.2 Å². The number of ether oxygens (including phenoxy) is 1. The van der Waals surface area contributed by atoms with Gasteiger partial charge in [0.2, 0.25) is 5.91 Å². The first-order valence-corrected chi connectivity index (χ1v) is 8.62. The predicted octanol–water partition coefficient (Wildman–Crippen LogP) is 3.09. The van der Waals surface area contributed by atoms with Crippen molar-refractivity contribution < 1.29 is 32.6 Å². The van der Waals surface area contributed by atoms with Crippen LogP contribution in [-0.4, -0.2) is 35.2 Å². The van der Waals surface area contributed by atoms with Crippen LogP contribution in [0.2, 0.25) is 0 Å². The van der Waals surface area contributed by atoms with Crippen molar-refractivity contribution in [2.45, 2.75) is 62.4 Å². The van der Waals surface area contributed by atoms with Gasteiger partial charge in [-0.2, -0.15) is 13.2 Å². The van der Waals surface area contributed by atoms with Gasteiger partial charge in [-0.3, -0.25) is 4.79 Å². The molecule has 0 bridgehead atoms. The maximum Gasteiger partial charge on any atom is 0.416 e. The molecule has 0 spiro atoms. The third-order valence-corrected chi connectivity index (χ3v) is 5.10. The summed E-state index contributed by atoms with van der Waals surface area (Å²) < 4.78 is 45.1. The molecular weight excluding hydrogens is 351 g/mol. The van der Waals surface area contributed by atoms with Gasteiger partial charge >= 0.3 is 12.1 Å². The van der Waals surface area contributed by atoms with Crippen LogP contribution in [-0.2, 0) is 20.5 Å². The van der Waals surface area contributed by atoms with Gasteiger partial charge in [-0.15, -0.1) is 0 Å². The fraction of sp³-hybridized carbons (Fsp3) is 0.556. The van der Waals surface area contributed by atoms with Crippen LogP contribution in [0.15, 0.2) is 24.3 Å². The molecule has 0 radical (unpaired) electrons. The van der Waals surface area contributed by atoms with Gasteiger partial charge in [-0.1, -0.05) is 24.6 Å². The number of hydrogen-bond acceptors (Lipinski definition) is 3. The number of carbonyl (C=O) groups is 2. The second-order valence-corrected chi connectivity index (χ2v) is 6.77. The quantitative estimate of drug-likeness (QED) is 0.853. The van der Waals surface area contributed by atoms with E-state index in [1.54, 1.807) is 6.07 Å². The number of alkyl halides is 3. The molecule has 1 amide bonds. The van der Waals surface area contributed by atoms with Crippen molar-refractivity contribution in [2.24, 2.45) is 0 Å². The van der Waals surface area contributed by atoms with Crippen molar-refractivity contribution in [2.75, 3.05) is 0 Å². The van der Waals surface area contributed by atoms with Crippen LogP contribution >= 0.6 is 0 Å². The van der Waals surface area contributed by atoms with Crippen LogP contribution in [0.5, 0.6) is 0 Å². The molecule has 3 rings (SSSR count). The van der Waals surface area contributed by atoms with Gasteiger partial charge in [0.15, 0.2) is 6.10 Å². The summed E-state index contributed by atoms with van der Waals surface area (Å²) in [6, 6.07) is 5.03. The first-order valence-electron chi connectivity index (χ1n) is 8.62. The molecule has 1 aliphatic carbocycles. The standard InChI is InChI=1S/C18H20F3NO4/c19-18(20,21)12-6-2-1-4-10(12)11-5-3-7-13(11)22-16(23)14-8-9-15(26-14)17(24)25/h1-2,4,6,11,13-15H,3,5,7-9H2,(H,22,23)(H,24,25)/t11?,13?,14-,15+/m0/s1. The molecule has 2 N–H and O–H groups in total. The summed E-state index contributed by atoms with van der Waals surface area (Å²) in [4.78, 5) is 23.3. The third-order valence-electron chi connectivity index (χ3n) is 5.10. The first kappa shape index (κ1) is 18.7. The van der Waals surface area contributed by atoms with E-state index in [1.165, 1.54) is 12.1 Å². The summed E-state index contributed by atoms with van der Waals surface area (Å²) in [5.74, 6) is -1.98. The SMILES string of the molecule is O=C(NC1CCCC1c1ccccc1C(F)(F)F)[C@@H]1CC[C@H](C(=O)O)O1. The lowest BCUT2D eigenvalue weighted by Crippen LogP contribution is -2.43. The minimum absolute atomic E-state index is 0.193. The second kappa shape index (κ2) is 7.26. The van der Waals surface area contributed by atoms with E-state index >= 15 is 0 Å². The molecule has 2 fully saturated rings. The van der Waals surface area contributed by atoms with Crippen molar-refractivity contribution in [1.82, 2.24) is 5.32 Å². The lowest BCUT2D eigenvalue weighted by atomic mass is 9.89. The Morgan fingerprint density at radius 3 is 2.42 bits per heavy atom. The van der Waals surface area contributed by atoms with E-state index in [9.17, 15) is 22.8 Å². The smallest absolute Gasteiger partial charge is 0.416 e. The summed E-state index contributed by atoms with van der Waals surface area (Å²) >= 11 is 0. The predicted molar refractivity (Wildman–Crippen MR) is 85.5 cm³/mol. The number of rotatable bonds is 4.